The lowest BCUT2D eigenvalue weighted by atomic mass is 9.61. The van der Waals surface area contributed by atoms with E-state index < -0.39 is 17.7 Å². The molecule has 36 heavy (non-hydrogen) atoms. The van der Waals surface area contributed by atoms with E-state index >= 15 is 4.39 Å². The SMILES string of the molecule is CN1CCN(c2nc(-c3c[nH]c4ncc(Cl)nc34)nc(NC3C4CCC(CC4)[C@@H]3C(=O)O)c2F)CC1. The molecule has 4 aliphatic rings. The van der Waals surface area contributed by atoms with Crippen LogP contribution in [0.25, 0.3) is 22.6 Å². The average molecular weight is 515 g/mol. The Bertz CT molecular complexity index is 1300. The van der Waals surface area contributed by atoms with Crippen molar-refractivity contribution in [1.29, 1.82) is 0 Å². The number of anilines is 2. The zero-order chi connectivity index (χ0) is 25.0. The first-order valence-electron chi connectivity index (χ1n) is 12.4. The van der Waals surface area contributed by atoms with E-state index in [1.54, 1.807) is 6.20 Å². The molecule has 1 unspecified atom stereocenters. The molecule has 2 atom stereocenters. The quantitative estimate of drug-likeness (QED) is 0.470. The van der Waals surface area contributed by atoms with Crippen molar-refractivity contribution >= 4 is 40.4 Å². The number of rotatable bonds is 5. The van der Waals surface area contributed by atoms with Crippen LogP contribution in [0.5, 0.6) is 0 Å². The molecular weight excluding hydrogens is 487 g/mol. The Morgan fingerprint density at radius 2 is 1.86 bits per heavy atom. The molecule has 190 valence electrons. The van der Waals surface area contributed by atoms with Gasteiger partial charge in [0.2, 0.25) is 5.82 Å². The number of fused-ring (bicyclic) bond motifs is 4. The van der Waals surface area contributed by atoms with Crippen molar-refractivity contribution in [1.82, 2.24) is 29.8 Å². The van der Waals surface area contributed by atoms with Crippen molar-refractivity contribution < 1.29 is 14.3 Å². The number of hydrogen-bond acceptors (Lipinski definition) is 8. The molecule has 3 saturated carbocycles. The fraction of sp³-hybridized carbons (Fsp3) is 0.542. The lowest BCUT2D eigenvalue weighted by Gasteiger charge is -2.47. The van der Waals surface area contributed by atoms with Crippen LogP contribution in [-0.2, 0) is 4.79 Å². The van der Waals surface area contributed by atoms with E-state index in [9.17, 15) is 9.90 Å². The molecule has 3 N–H and O–H groups in total. The van der Waals surface area contributed by atoms with Crippen molar-refractivity contribution in [3.8, 4) is 11.4 Å². The molecule has 12 heteroatoms. The maximum Gasteiger partial charge on any atom is 0.308 e. The zero-order valence-electron chi connectivity index (χ0n) is 19.9. The second kappa shape index (κ2) is 9.11. The molecule has 3 aromatic rings. The third kappa shape index (κ3) is 4.03. The van der Waals surface area contributed by atoms with Gasteiger partial charge in [0.25, 0.3) is 0 Å². The fourth-order valence-electron chi connectivity index (χ4n) is 6.09. The van der Waals surface area contributed by atoms with Crippen LogP contribution < -0.4 is 10.2 Å². The van der Waals surface area contributed by atoms with Crippen LogP contribution >= 0.6 is 11.6 Å². The maximum absolute atomic E-state index is 16.0. The van der Waals surface area contributed by atoms with Crippen LogP contribution in [-0.4, -0.2) is 80.2 Å². The third-order valence-electron chi connectivity index (χ3n) is 8.04. The van der Waals surface area contributed by atoms with Gasteiger partial charge in [-0.25, -0.2) is 19.9 Å². The maximum atomic E-state index is 16.0. The molecule has 0 spiro atoms. The highest BCUT2D eigenvalue weighted by atomic mass is 35.5. The minimum Gasteiger partial charge on any atom is -0.481 e. The number of aromatic nitrogens is 5. The van der Waals surface area contributed by atoms with E-state index in [-0.39, 0.29) is 40.5 Å². The van der Waals surface area contributed by atoms with Crippen molar-refractivity contribution in [2.75, 3.05) is 43.4 Å². The van der Waals surface area contributed by atoms with Gasteiger partial charge in [-0.1, -0.05) is 11.6 Å². The molecule has 0 aromatic carbocycles. The van der Waals surface area contributed by atoms with Crippen LogP contribution in [0.2, 0.25) is 5.15 Å². The Morgan fingerprint density at radius 1 is 1.14 bits per heavy atom. The standard InChI is InChI=1S/C24H28ClFN8O2/c1-33-6-8-34(9-7-33)23-17(26)21(30-18-13-4-2-12(3-5-13)16(18)24(35)36)31-20(32-23)14-10-27-22-19(14)29-15(25)11-28-22/h10-13,16,18H,2-9H2,1H3,(H,27,28)(H,35,36)(H,30,31,32)/t12?,13?,16-,18?/m0/s1. The Balaban J connectivity index is 1.45. The van der Waals surface area contributed by atoms with Gasteiger partial charge in [0.15, 0.2) is 23.1 Å². The zero-order valence-corrected chi connectivity index (χ0v) is 20.7. The molecule has 10 nitrogen and oxygen atoms in total. The Labute approximate surface area is 212 Å². The molecule has 3 aliphatic carbocycles. The normalized spacial score (nSPS) is 26.5. The summed E-state index contributed by atoms with van der Waals surface area (Å²) in [6.07, 6.45) is 6.81. The number of nitrogens with zero attached hydrogens (tertiary/aromatic N) is 6. The molecule has 1 aliphatic heterocycles. The number of halogens is 2. The number of nitrogens with one attached hydrogen (secondary N) is 2. The largest absolute Gasteiger partial charge is 0.481 e. The van der Waals surface area contributed by atoms with E-state index in [0.717, 1.165) is 38.8 Å². The third-order valence-corrected chi connectivity index (χ3v) is 8.22. The first-order valence-corrected chi connectivity index (χ1v) is 12.8. The van der Waals surface area contributed by atoms with E-state index in [1.165, 1.54) is 6.20 Å². The number of aliphatic carboxylic acids is 1. The predicted molar refractivity (Wildman–Crippen MR) is 134 cm³/mol. The number of carboxylic acid groups (broad SMARTS) is 1. The van der Waals surface area contributed by atoms with Gasteiger partial charge in [-0.05, 0) is 44.6 Å². The highest BCUT2D eigenvalue weighted by Gasteiger charge is 2.47. The molecule has 1 saturated heterocycles. The van der Waals surface area contributed by atoms with Gasteiger partial charge >= 0.3 is 5.97 Å². The van der Waals surface area contributed by atoms with E-state index in [1.807, 2.05) is 11.9 Å². The average Bonchev–Trinajstić information content (AvgIpc) is 3.29. The molecular formula is C24H28ClFN8O2. The molecule has 0 amide bonds. The highest BCUT2D eigenvalue weighted by Crippen LogP contribution is 2.46. The second-order valence-corrected chi connectivity index (χ2v) is 10.5. The monoisotopic (exact) mass is 514 g/mol. The number of hydrogen-bond donors (Lipinski definition) is 3. The fourth-order valence-corrected chi connectivity index (χ4v) is 6.22. The summed E-state index contributed by atoms with van der Waals surface area (Å²) in [5, 5.41) is 13.5. The van der Waals surface area contributed by atoms with Crippen LogP contribution in [0.1, 0.15) is 25.7 Å². The van der Waals surface area contributed by atoms with Gasteiger partial charge in [-0.3, -0.25) is 4.79 Å². The van der Waals surface area contributed by atoms with Gasteiger partial charge in [0.05, 0.1) is 17.7 Å². The van der Waals surface area contributed by atoms with Crippen LogP contribution in [0.3, 0.4) is 0 Å². The smallest absolute Gasteiger partial charge is 0.308 e. The number of piperazine rings is 1. The van der Waals surface area contributed by atoms with Crippen LogP contribution in [0.15, 0.2) is 12.4 Å². The van der Waals surface area contributed by atoms with E-state index in [2.05, 4.69) is 35.1 Å². The summed E-state index contributed by atoms with van der Waals surface area (Å²) in [6.45, 7) is 2.80. The number of carbonyl (C=O) groups is 1. The van der Waals surface area contributed by atoms with Crippen molar-refractivity contribution in [2.45, 2.75) is 31.7 Å². The van der Waals surface area contributed by atoms with Gasteiger partial charge in [-0.15, -0.1) is 0 Å². The minimum atomic E-state index is -0.836. The van der Waals surface area contributed by atoms with E-state index in [0.29, 0.717) is 29.8 Å². The first kappa shape index (κ1) is 23.4. The van der Waals surface area contributed by atoms with Gasteiger partial charge in [0.1, 0.15) is 10.7 Å². The lowest BCUT2D eigenvalue weighted by molar-refractivity contribution is -0.148. The summed E-state index contributed by atoms with van der Waals surface area (Å²) in [6, 6.07) is -0.384. The Kier molecular flexibility index (Phi) is 5.91. The van der Waals surface area contributed by atoms with Gasteiger partial charge in [0, 0.05) is 38.4 Å². The van der Waals surface area contributed by atoms with Gasteiger partial charge in [-0.2, -0.15) is 4.39 Å². The summed E-state index contributed by atoms with van der Waals surface area (Å²) in [5.41, 5.74) is 1.57. The van der Waals surface area contributed by atoms with Crippen molar-refractivity contribution in [3.63, 3.8) is 0 Å². The molecule has 3 aromatic heterocycles. The number of aromatic amines is 1. The summed E-state index contributed by atoms with van der Waals surface area (Å²) in [7, 11) is 2.03. The lowest BCUT2D eigenvalue weighted by Crippen LogP contribution is -2.51. The first-order chi connectivity index (χ1) is 17.4. The summed E-state index contributed by atoms with van der Waals surface area (Å²) in [4.78, 5) is 37.2. The van der Waals surface area contributed by atoms with Gasteiger partial charge < -0.3 is 25.2 Å². The van der Waals surface area contributed by atoms with Crippen molar-refractivity contribution in [2.24, 2.45) is 17.8 Å². The minimum absolute atomic E-state index is 0.0297. The predicted octanol–water partition coefficient (Wildman–Crippen LogP) is 3.26. The Morgan fingerprint density at radius 3 is 2.58 bits per heavy atom. The number of carboxylic acids is 1. The molecule has 2 bridgehead atoms. The van der Waals surface area contributed by atoms with Crippen LogP contribution in [0, 0.1) is 23.6 Å². The molecule has 4 fully saturated rings. The Hall–Kier alpha value is -3.05. The van der Waals surface area contributed by atoms with Crippen LogP contribution in [0.4, 0.5) is 16.0 Å². The topological polar surface area (TPSA) is 123 Å². The highest BCUT2D eigenvalue weighted by molar-refractivity contribution is 6.29. The second-order valence-electron chi connectivity index (χ2n) is 10.1. The summed E-state index contributed by atoms with van der Waals surface area (Å²) >= 11 is 6.10. The molecule has 7 rings (SSSR count). The van der Waals surface area contributed by atoms with E-state index in [4.69, 9.17) is 11.6 Å². The summed E-state index contributed by atoms with van der Waals surface area (Å²) < 4.78 is 16.0. The number of likely N-dealkylation sites (N-methyl/N-ethyl adjacent to an activating group) is 1. The number of H-pyrrole nitrogens is 1. The summed E-state index contributed by atoms with van der Waals surface area (Å²) in [5.74, 6) is -1.19. The molecule has 4 heterocycles. The van der Waals surface area contributed by atoms with Crippen molar-refractivity contribution in [3.05, 3.63) is 23.4 Å². The molecule has 0 radical (unpaired) electrons.